The molecule has 3 heterocycles. The van der Waals surface area contributed by atoms with E-state index < -0.39 is 6.10 Å². The number of nitrogens with zero attached hydrogens (tertiary/aromatic N) is 2. The summed E-state index contributed by atoms with van der Waals surface area (Å²) in [4.78, 5) is 6.56. The van der Waals surface area contributed by atoms with Gasteiger partial charge >= 0.3 is 0 Å². The van der Waals surface area contributed by atoms with Crippen molar-refractivity contribution < 1.29 is 14.6 Å². The van der Waals surface area contributed by atoms with Gasteiger partial charge < -0.3 is 19.9 Å². The average molecular weight is 376 g/mol. The molecule has 5 unspecified atom stereocenters. The smallest absolute Gasteiger partial charge is 0.176 e. The molecule has 0 spiro atoms. The van der Waals surface area contributed by atoms with E-state index in [1.807, 2.05) is 31.4 Å². The van der Waals surface area contributed by atoms with E-state index in [9.17, 15) is 5.11 Å². The third-order valence-corrected chi connectivity index (χ3v) is 6.45. The molecule has 2 bridgehead atoms. The van der Waals surface area contributed by atoms with Crippen molar-refractivity contribution in [1.82, 2.24) is 15.2 Å². The molecular weight excluding hydrogens is 342 g/mol. The number of hydrogen-bond acceptors (Lipinski definition) is 6. The first-order valence-corrected chi connectivity index (χ1v) is 10.5. The van der Waals surface area contributed by atoms with E-state index in [0.717, 1.165) is 31.1 Å². The van der Waals surface area contributed by atoms with Crippen LogP contribution in [0.5, 0.6) is 0 Å². The van der Waals surface area contributed by atoms with Crippen LogP contribution in [0.2, 0.25) is 0 Å². The largest absolute Gasteiger partial charge is 0.390 e. The van der Waals surface area contributed by atoms with Crippen LogP contribution < -0.4 is 5.32 Å². The molecule has 4 rings (SSSR count). The molecule has 6 heteroatoms. The van der Waals surface area contributed by atoms with Crippen LogP contribution >= 0.6 is 0 Å². The second kappa shape index (κ2) is 8.97. The Kier molecular flexibility index (Phi) is 6.40. The topological polar surface area (TPSA) is 66.9 Å². The van der Waals surface area contributed by atoms with Gasteiger partial charge in [0.1, 0.15) is 6.10 Å². The first-order valence-electron chi connectivity index (χ1n) is 10.5. The molecule has 2 N–H and O–H groups in total. The van der Waals surface area contributed by atoms with Gasteiger partial charge in [-0.1, -0.05) is 25.3 Å². The molecule has 1 aromatic rings. The number of ether oxygens (including phenoxy) is 2. The predicted octanol–water partition coefficient (Wildman–Crippen LogP) is 1.58. The Morgan fingerprint density at radius 1 is 1.26 bits per heavy atom. The Balaban J connectivity index is 1.35. The molecule has 150 valence electrons. The lowest BCUT2D eigenvalue weighted by Gasteiger charge is -2.43. The first-order chi connectivity index (χ1) is 13.2. The van der Waals surface area contributed by atoms with Crippen LogP contribution in [0.3, 0.4) is 0 Å². The van der Waals surface area contributed by atoms with Gasteiger partial charge in [-0.15, -0.1) is 0 Å². The van der Waals surface area contributed by atoms with Gasteiger partial charge in [0.2, 0.25) is 0 Å². The molecule has 1 saturated carbocycles. The lowest BCUT2D eigenvalue weighted by Crippen LogP contribution is -2.64. The van der Waals surface area contributed by atoms with Gasteiger partial charge in [-0.05, 0) is 44.5 Å². The molecule has 6 nitrogen and oxygen atoms in total. The highest BCUT2D eigenvalue weighted by atomic mass is 16.7. The molecule has 27 heavy (non-hydrogen) atoms. The second-order valence-electron chi connectivity index (χ2n) is 8.35. The van der Waals surface area contributed by atoms with Gasteiger partial charge in [0.25, 0.3) is 0 Å². The predicted molar refractivity (Wildman–Crippen MR) is 103 cm³/mol. The van der Waals surface area contributed by atoms with Crippen molar-refractivity contribution in [2.75, 3.05) is 26.7 Å². The quantitative estimate of drug-likeness (QED) is 0.754. The van der Waals surface area contributed by atoms with Crippen molar-refractivity contribution in [3.63, 3.8) is 0 Å². The van der Waals surface area contributed by atoms with E-state index in [4.69, 9.17) is 9.47 Å². The van der Waals surface area contributed by atoms with E-state index >= 15 is 0 Å². The third kappa shape index (κ3) is 4.51. The van der Waals surface area contributed by atoms with Crippen molar-refractivity contribution in [2.24, 2.45) is 5.92 Å². The summed E-state index contributed by atoms with van der Waals surface area (Å²) >= 11 is 0. The van der Waals surface area contributed by atoms with Gasteiger partial charge in [0.15, 0.2) is 6.29 Å². The van der Waals surface area contributed by atoms with Crippen LogP contribution in [0.4, 0.5) is 0 Å². The van der Waals surface area contributed by atoms with Crippen molar-refractivity contribution in [3.8, 4) is 0 Å². The van der Waals surface area contributed by atoms with E-state index in [1.54, 1.807) is 0 Å². The molecule has 3 fully saturated rings. The number of pyridine rings is 1. The van der Waals surface area contributed by atoms with Crippen LogP contribution in [0.1, 0.15) is 37.8 Å². The fraction of sp³-hybridized carbons (Fsp3) is 0.762. The Morgan fingerprint density at radius 2 is 2.11 bits per heavy atom. The number of aliphatic hydroxyl groups is 1. The van der Waals surface area contributed by atoms with Crippen molar-refractivity contribution in [2.45, 2.75) is 69.1 Å². The second-order valence-corrected chi connectivity index (χ2v) is 8.35. The average Bonchev–Trinajstić information content (AvgIpc) is 3.13. The summed E-state index contributed by atoms with van der Waals surface area (Å²) in [6.07, 6.45) is 8.43. The molecule has 0 radical (unpaired) electrons. The van der Waals surface area contributed by atoms with Crippen molar-refractivity contribution in [1.29, 1.82) is 0 Å². The third-order valence-electron chi connectivity index (χ3n) is 6.45. The number of likely N-dealkylation sites (N-methyl/N-ethyl adjacent to an activating group) is 1. The summed E-state index contributed by atoms with van der Waals surface area (Å²) in [6, 6.07) is 5.76. The van der Waals surface area contributed by atoms with Crippen LogP contribution in [0.15, 0.2) is 24.4 Å². The van der Waals surface area contributed by atoms with E-state index in [1.165, 1.54) is 32.1 Å². The highest BCUT2D eigenvalue weighted by Crippen LogP contribution is 2.31. The standard InChI is InChI=1S/C21H33N3O3/c1-24(12-10-16-9-5-6-11-22-16)19-20(25)18(17-14-26-21(19)27-17)23-13-15-7-3-2-4-8-15/h5-6,9,11,15,17-21,23,25H,2-4,7-8,10,12-14H2,1H3. The van der Waals surface area contributed by atoms with Crippen LogP contribution in [-0.4, -0.2) is 72.3 Å². The van der Waals surface area contributed by atoms with Gasteiger partial charge in [0.05, 0.1) is 24.8 Å². The molecule has 1 aliphatic carbocycles. The Labute approximate surface area is 162 Å². The minimum atomic E-state index is -0.492. The Bertz CT molecular complexity index is 581. The first kappa shape index (κ1) is 19.3. The van der Waals surface area contributed by atoms with E-state index in [-0.39, 0.29) is 24.5 Å². The van der Waals surface area contributed by atoms with Gasteiger partial charge in [-0.3, -0.25) is 9.88 Å². The number of aromatic nitrogens is 1. The number of aliphatic hydroxyl groups excluding tert-OH is 1. The number of rotatable bonds is 7. The molecule has 1 aromatic heterocycles. The summed E-state index contributed by atoms with van der Waals surface area (Å²) in [7, 11) is 2.04. The molecule has 0 amide bonds. The maximum atomic E-state index is 11.1. The molecule has 0 aromatic carbocycles. The molecule has 5 atom stereocenters. The molecule has 3 aliphatic rings. The summed E-state index contributed by atoms with van der Waals surface area (Å²) in [5.74, 6) is 0.728. The summed E-state index contributed by atoms with van der Waals surface area (Å²) in [6.45, 7) is 2.34. The molecular formula is C21H33N3O3. The monoisotopic (exact) mass is 375 g/mol. The summed E-state index contributed by atoms with van der Waals surface area (Å²) < 4.78 is 12.0. The number of fused-ring (bicyclic) bond motifs is 2. The zero-order valence-electron chi connectivity index (χ0n) is 16.3. The van der Waals surface area contributed by atoms with Crippen LogP contribution in [0, 0.1) is 5.92 Å². The minimum absolute atomic E-state index is 0.0472. The zero-order valence-corrected chi connectivity index (χ0v) is 16.3. The van der Waals surface area contributed by atoms with Gasteiger partial charge in [0, 0.05) is 24.9 Å². The Hall–Kier alpha value is -1.05. The molecule has 2 saturated heterocycles. The van der Waals surface area contributed by atoms with Gasteiger partial charge in [-0.25, -0.2) is 0 Å². The minimum Gasteiger partial charge on any atom is -0.390 e. The number of hydrogen-bond donors (Lipinski definition) is 2. The van der Waals surface area contributed by atoms with Crippen LogP contribution in [0.25, 0.3) is 0 Å². The van der Waals surface area contributed by atoms with Crippen LogP contribution in [-0.2, 0) is 15.9 Å². The fourth-order valence-electron chi connectivity index (χ4n) is 4.80. The highest BCUT2D eigenvalue weighted by molar-refractivity contribution is 5.05. The number of nitrogens with one attached hydrogen (secondary N) is 1. The van der Waals surface area contributed by atoms with E-state index in [2.05, 4.69) is 15.2 Å². The van der Waals surface area contributed by atoms with Crippen molar-refractivity contribution in [3.05, 3.63) is 30.1 Å². The Morgan fingerprint density at radius 3 is 2.89 bits per heavy atom. The van der Waals surface area contributed by atoms with Crippen molar-refractivity contribution >= 4 is 0 Å². The maximum absolute atomic E-state index is 11.1. The summed E-state index contributed by atoms with van der Waals surface area (Å²) in [5.41, 5.74) is 1.06. The van der Waals surface area contributed by atoms with Gasteiger partial charge in [-0.2, -0.15) is 0 Å². The maximum Gasteiger partial charge on any atom is 0.176 e. The fourth-order valence-corrected chi connectivity index (χ4v) is 4.80. The highest BCUT2D eigenvalue weighted by Gasteiger charge is 2.51. The molecule has 2 aliphatic heterocycles. The summed E-state index contributed by atoms with van der Waals surface area (Å²) in [5, 5.41) is 14.8. The normalized spacial score (nSPS) is 34.3. The lowest BCUT2D eigenvalue weighted by atomic mass is 9.88. The van der Waals surface area contributed by atoms with E-state index in [0.29, 0.717) is 6.61 Å². The lowest BCUT2D eigenvalue weighted by molar-refractivity contribution is -0.178. The zero-order chi connectivity index (χ0) is 18.6. The SMILES string of the molecule is CN(CCc1ccccn1)C1C2OCC(O2)C(NCC2CCCCC2)C1O.